The highest BCUT2D eigenvalue weighted by atomic mass is 19.1. The fraction of sp³-hybridized carbons (Fsp3) is 0.350. The van der Waals surface area contributed by atoms with Gasteiger partial charge in [-0.1, -0.05) is 0 Å². The maximum atomic E-state index is 14.6. The largest absolute Gasteiger partial charge is 0.481 e. The molecule has 1 aromatic carbocycles. The minimum atomic E-state index is -1.15. The van der Waals surface area contributed by atoms with Gasteiger partial charge in [-0.3, -0.25) is 14.7 Å². The van der Waals surface area contributed by atoms with E-state index in [0.29, 0.717) is 23.8 Å². The molecule has 0 radical (unpaired) electrons. The van der Waals surface area contributed by atoms with E-state index in [9.17, 15) is 9.18 Å². The van der Waals surface area contributed by atoms with Gasteiger partial charge in [0, 0.05) is 30.9 Å². The molecule has 7 nitrogen and oxygen atoms in total. The van der Waals surface area contributed by atoms with Crippen molar-refractivity contribution in [3.8, 4) is 5.88 Å². The van der Waals surface area contributed by atoms with Crippen molar-refractivity contribution in [3.63, 3.8) is 0 Å². The molecule has 0 aliphatic carbocycles. The van der Waals surface area contributed by atoms with Crippen molar-refractivity contribution in [1.29, 1.82) is 0 Å². The number of pyridine rings is 1. The summed E-state index contributed by atoms with van der Waals surface area (Å²) in [4.78, 5) is 22.3. The van der Waals surface area contributed by atoms with Gasteiger partial charge in [0.2, 0.25) is 11.8 Å². The molecule has 0 saturated heterocycles. The van der Waals surface area contributed by atoms with E-state index in [4.69, 9.17) is 10.5 Å². The molecule has 8 heteroatoms. The first-order valence-electron chi connectivity index (χ1n) is 8.85. The third kappa shape index (κ3) is 4.57. The highest BCUT2D eigenvalue weighted by Gasteiger charge is 2.36. The number of anilines is 2. The van der Waals surface area contributed by atoms with Crippen LogP contribution in [0, 0.1) is 5.82 Å². The number of guanidine groups is 1. The van der Waals surface area contributed by atoms with E-state index in [1.807, 2.05) is 6.92 Å². The Bertz CT molecular complexity index is 865. The number of nitrogens with two attached hydrogens (primary N) is 1. The average molecular weight is 387 g/mol. The number of hydrogen-bond acceptors (Lipinski definition) is 5. The van der Waals surface area contributed by atoms with E-state index in [1.165, 1.54) is 25.1 Å². The molecule has 2 aromatic rings. The number of ether oxygens (including phenoxy) is 1. The molecule has 2 rings (SSSR count). The van der Waals surface area contributed by atoms with Crippen LogP contribution in [0.2, 0.25) is 0 Å². The Kier molecular flexibility index (Phi) is 6.56. The lowest BCUT2D eigenvalue weighted by molar-refractivity contribution is -0.131. The van der Waals surface area contributed by atoms with Crippen LogP contribution in [0.3, 0.4) is 0 Å². The minimum Gasteiger partial charge on any atom is -0.481 e. The van der Waals surface area contributed by atoms with E-state index in [1.54, 1.807) is 44.3 Å². The first-order chi connectivity index (χ1) is 13.2. The van der Waals surface area contributed by atoms with Crippen LogP contribution in [0.5, 0.6) is 5.88 Å². The predicted octanol–water partition coefficient (Wildman–Crippen LogP) is 3.04. The van der Waals surface area contributed by atoms with Gasteiger partial charge in [-0.2, -0.15) is 0 Å². The van der Waals surface area contributed by atoms with Crippen LogP contribution in [-0.2, 0) is 10.2 Å². The topological polar surface area (TPSA) is 92.8 Å². The van der Waals surface area contributed by atoms with Crippen molar-refractivity contribution >= 4 is 23.2 Å². The number of carbonyl (C=O) groups excluding carboxylic acids is 1. The highest BCUT2D eigenvalue weighted by Crippen LogP contribution is 2.31. The molecule has 0 saturated carbocycles. The number of nitrogens with one attached hydrogen (secondary N) is 1. The summed E-state index contributed by atoms with van der Waals surface area (Å²) in [6.07, 6.45) is 1.61. The monoisotopic (exact) mass is 387 g/mol. The number of benzene rings is 1. The smallest absolute Gasteiger partial charge is 0.239 e. The second-order valence-electron chi connectivity index (χ2n) is 6.73. The normalized spacial score (nSPS) is 11.9. The fourth-order valence-corrected chi connectivity index (χ4v) is 2.73. The molecule has 150 valence electrons. The first-order valence-corrected chi connectivity index (χ1v) is 8.85. The van der Waals surface area contributed by atoms with Gasteiger partial charge in [-0.25, -0.2) is 9.37 Å². The molecule has 28 heavy (non-hydrogen) atoms. The summed E-state index contributed by atoms with van der Waals surface area (Å²) in [7, 11) is 3.07. The summed E-state index contributed by atoms with van der Waals surface area (Å²) >= 11 is 0. The molecule has 0 fully saturated rings. The third-order valence-electron chi connectivity index (χ3n) is 4.38. The van der Waals surface area contributed by atoms with Gasteiger partial charge in [-0.05, 0) is 45.0 Å². The number of nitrogens with zero attached hydrogens (tertiary/aromatic N) is 3. The molecule has 3 N–H and O–H groups in total. The van der Waals surface area contributed by atoms with Crippen molar-refractivity contribution in [2.24, 2.45) is 10.7 Å². The number of hydrogen-bond donors (Lipinski definition) is 2. The van der Waals surface area contributed by atoms with Gasteiger partial charge in [0.15, 0.2) is 5.96 Å². The standard InChI is InChI=1S/C20H26FN5O2/c1-6-23-19(22)26(4)18(27)20(2,3)15-11-13(7-9-16(15)21)25-14-8-10-17(28-5)24-12-14/h7-12,25H,6H2,1-5H3,(H2,22,23). The van der Waals surface area contributed by atoms with Crippen molar-refractivity contribution in [2.75, 3.05) is 26.0 Å². The molecule has 0 bridgehead atoms. The van der Waals surface area contributed by atoms with Crippen LogP contribution in [0.15, 0.2) is 41.5 Å². The van der Waals surface area contributed by atoms with Gasteiger partial charge in [0.25, 0.3) is 0 Å². The number of likely N-dealkylation sites (N-methyl/N-ethyl adjacent to an activating group) is 1. The lowest BCUT2D eigenvalue weighted by Gasteiger charge is -2.30. The number of methoxy groups -OCH3 is 1. The Morgan fingerprint density at radius 2 is 2.00 bits per heavy atom. The SMILES string of the molecule is CCN=C(N)N(C)C(=O)C(C)(C)c1cc(Nc2ccc(OC)nc2)ccc1F. The summed E-state index contributed by atoms with van der Waals surface area (Å²) < 4.78 is 19.6. The fourth-order valence-electron chi connectivity index (χ4n) is 2.73. The third-order valence-corrected chi connectivity index (χ3v) is 4.38. The van der Waals surface area contributed by atoms with Crippen LogP contribution in [0.25, 0.3) is 0 Å². The average Bonchev–Trinajstić information content (AvgIpc) is 2.68. The molecule has 0 aliphatic heterocycles. The molecule has 0 atom stereocenters. The Balaban J connectivity index is 2.32. The Morgan fingerprint density at radius 3 is 2.57 bits per heavy atom. The Labute approximate surface area is 164 Å². The lowest BCUT2D eigenvalue weighted by Crippen LogP contribution is -2.47. The van der Waals surface area contributed by atoms with E-state index in [0.717, 1.165) is 0 Å². The quantitative estimate of drug-likeness (QED) is 0.587. The number of carbonyl (C=O) groups is 1. The van der Waals surface area contributed by atoms with Crippen molar-refractivity contribution in [1.82, 2.24) is 9.88 Å². The zero-order chi connectivity index (χ0) is 20.9. The van der Waals surface area contributed by atoms with Crippen LogP contribution < -0.4 is 15.8 Å². The van der Waals surface area contributed by atoms with E-state index >= 15 is 0 Å². The zero-order valence-corrected chi connectivity index (χ0v) is 16.8. The lowest BCUT2D eigenvalue weighted by atomic mass is 9.82. The van der Waals surface area contributed by atoms with Gasteiger partial charge in [0.05, 0.1) is 24.4 Å². The first kappa shape index (κ1) is 21.1. The van der Waals surface area contributed by atoms with Gasteiger partial charge >= 0.3 is 0 Å². The molecule has 0 aliphatic rings. The molecule has 1 amide bonds. The summed E-state index contributed by atoms with van der Waals surface area (Å²) in [6, 6.07) is 8.04. The summed E-state index contributed by atoms with van der Waals surface area (Å²) in [5, 5.41) is 3.15. The molecular formula is C20H26FN5O2. The van der Waals surface area contributed by atoms with Crippen LogP contribution in [-0.4, -0.2) is 42.5 Å². The summed E-state index contributed by atoms with van der Waals surface area (Å²) in [5.74, 6) is -0.244. The van der Waals surface area contributed by atoms with Crippen molar-refractivity contribution in [2.45, 2.75) is 26.2 Å². The van der Waals surface area contributed by atoms with Crippen LogP contribution >= 0.6 is 0 Å². The van der Waals surface area contributed by atoms with Crippen LogP contribution in [0.1, 0.15) is 26.3 Å². The number of halogens is 1. The highest BCUT2D eigenvalue weighted by molar-refractivity contribution is 6.00. The molecule has 0 unspecified atom stereocenters. The number of aromatic nitrogens is 1. The second kappa shape index (κ2) is 8.69. The predicted molar refractivity (Wildman–Crippen MR) is 108 cm³/mol. The molecule has 1 aromatic heterocycles. The number of rotatable bonds is 6. The van der Waals surface area contributed by atoms with Gasteiger partial charge in [-0.15, -0.1) is 0 Å². The van der Waals surface area contributed by atoms with Gasteiger partial charge in [0.1, 0.15) is 5.82 Å². The maximum absolute atomic E-state index is 14.6. The zero-order valence-electron chi connectivity index (χ0n) is 16.8. The molecule has 0 spiro atoms. The minimum absolute atomic E-state index is 0.0968. The number of aliphatic imine (C=N–C) groups is 1. The van der Waals surface area contributed by atoms with E-state index in [2.05, 4.69) is 15.3 Å². The molecular weight excluding hydrogens is 361 g/mol. The van der Waals surface area contributed by atoms with Gasteiger partial charge < -0.3 is 15.8 Å². The summed E-state index contributed by atoms with van der Waals surface area (Å²) in [5.41, 5.74) is 6.26. The van der Waals surface area contributed by atoms with E-state index in [-0.39, 0.29) is 17.4 Å². The molecule has 1 heterocycles. The van der Waals surface area contributed by atoms with E-state index < -0.39 is 11.2 Å². The van der Waals surface area contributed by atoms with Crippen molar-refractivity contribution in [3.05, 3.63) is 47.9 Å². The second-order valence-corrected chi connectivity index (χ2v) is 6.73. The summed E-state index contributed by atoms with van der Waals surface area (Å²) in [6.45, 7) is 5.58. The Morgan fingerprint density at radius 1 is 1.32 bits per heavy atom. The van der Waals surface area contributed by atoms with Crippen LogP contribution in [0.4, 0.5) is 15.8 Å². The van der Waals surface area contributed by atoms with Crippen molar-refractivity contribution < 1.29 is 13.9 Å². The Hall–Kier alpha value is -3.16. The maximum Gasteiger partial charge on any atom is 0.239 e. The number of amides is 1.